The van der Waals surface area contributed by atoms with Crippen LogP contribution in [0.15, 0.2) is 17.1 Å². The smallest absolute Gasteiger partial charge is 0.324 e. The maximum atomic E-state index is 13.7. The number of nitrogens with one attached hydrogen (secondary N) is 3. The summed E-state index contributed by atoms with van der Waals surface area (Å²) in [5.41, 5.74) is -1.75. The van der Waals surface area contributed by atoms with E-state index < -0.39 is 47.0 Å². The molecule has 13 heteroatoms. The summed E-state index contributed by atoms with van der Waals surface area (Å²) in [5.74, 6) is -1.70. The van der Waals surface area contributed by atoms with Crippen molar-refractivity contribution in [2.24, 2.45) is 0 Å². The second-order valence-corrected chi connectivity index (χ2v) is 7.56. The first-order valence-electron chi connectivity index (χ1n) is 8.42. The van der Waals surface area contributed by atoms with Gasteiger partial charge >= 0.3 is 6.18 Å². The maximum absolute atomic E-state index is 13.7. The van der Waals surface area contributed by atoms with E-state index in [-0.39, 0.29) is 33.3 Å². The second-order valence-electron chi connectivity index (χ2n) is 6.27. The van der Waals surface area contributed by atoms with Gasteiger partial charge in [-0.25, -0.2) is 8.78 Å². The van der Waals surface area contributed by atoms with Crippen LogP contribution in [0.25, 0.3) is 0 Å². The number of nitrogens with zero attached hydrogens (tertiary/aromatic N) is 2. The summed E-state index contributed by atoms with van der Waals surface area (Å²) >= 11 is 1.02. The van der Waals surface area contributed by atoms with Crippen molar-refractivity contribution in [3.8, 4) is 0 Å². The van der Waals surface area contributed by atoms with Gasteiger partial charge in [0, 0.05) is 33.3 Å². The number of thioether (sulfide) groups is 1. The molecule has 3 N–H and O–H groups in total. The fourth-order valence-electron chi connectivity index (χ4n) is 3.09. The van der Waals surface area contributed by atoms with Crippen LogP contribution in [0.4, 0.5) is 27.6 Å². The molecule has 3 atom stereocenters. The third kappa shape index (κ3) is 4.47. The summed E-state index contributed by atoms with van der Waals surface area (Å²) in [7, 11) is 0. The van der Waals surface area contributed by atoms with E-state index in [0.717, 1.165) is 28.6 Å². The number of carbonyl (C=O) groups is 1. The van der Waals surface area contributed by atoms with E-state index >= 15 is 0 Å². The minimum atomic E-state index is -4.44. The quantitative estimate of drug-likeness (QED) is 0.605. The predicted octanol–water partition coefficient (Wildman–Crippen LogP) is 0.924. The largest absolute Gasteiger partial charge is 0.417 e. The van der Waals surface area contributed by atoms with Gasteiger partial charge in [0.05, 0.1) is 17.5 Å². The summed E-state index contributed by atoms with van der Waals surface area (Å²) in [6, 6.07) is 0.823. The van der Waals surface area contributed by atoms with Crippen molar-refractivity contribution in [2.75, 3.05) is 31.6 Å². The lowest BCUT2D eigenvalue weighted by atomic mass is 10.3. The zero-order valence-electron chi connectivity index (χ0n) is 14.4. The van der Waals surface area contributed by atoms with Crippen LogP contribution in [0.1, 0.15) is 1.43 Å². The van der Waals surface area contributed by atoms with Crippen LogP contribution in [0.2, 0.25) is 0 Å². The van der Waals surface area contributed by atoms with Crippen LogP contribution in [0.5, 0.6) is 0 Å². The molecule has 158 valence electrons. The average molecular weight is 429 g/mol. The number of rotatable bonds is 5. The molecular weight excluding hydrogens is 409 g/mol. The molecular formula is C15H20F5N5O2S. The lowest BCUT2D eigenvalue weighted by molar-refractivity contribution is -0.183. The van der Waals surface area contributed by atoms with Gasteiger partial charge in [0.25, 0.3) is 5.56 Å². The molecule has 1 aromatic heterocycles. The Bertz CT molecular complexity index is 795. The van der Waals surface area contributed by atoms with Crippen molar-refractivity contribution in [2.45, 2.75) is 29.6 Å². The Morgan fingerprint density at radius 3 is 2.82 bits per heavy atom. The normalized spacial score (nSPS) is 26.0. The first-order valence-corrected chi connectivity index (χ1v) is 9.36. The summed E-state index contributed by atoms with van der Waals surface area (Å²) < 4.78 is 66.1. The maximum Gasteiger partial charge on any atom is 0.417 e. The van der Waals surface area contributed by atoms with Gasteiger partial charge in [-0.15, -0.1) is 11.8 Å². The van der Waals surface area contributed by atoms with Gasteiger partial charge < -0.3 is 9.88 Å². The van der Waals surface area contributed by atoms with E-state index in [0.29, 0.717) is 0 Å². The SMILES string of the molecule is O=C(Nc1cc(F)c(=O)n(CCF)c1)C1CNC(N2CCNC2C(F)(F)F)S1.[HH]. The third-order valence-corrected chi connectivity index (χ3v) is 5.75. The Kier molecular flexibility index (Phi) is 6.27. The van der Waals surface area contributed by atoms with Gasteiger partial charge in [0.15, 0.2) is 12.0 Å². The average Bonchev–Trinajstić information content (AvgIpc) is 3.27. The molecule has 1 amide bonds. The van der Waals surface area contributed by atoms with Crippen molar-refractivity contribution >= 4 is 23.4 Å². The zero-order valence-corrected chi connectivity index (χ0v) is 15.2. The second kappa shape index (κ2) is 8.35. The molecule has 2 aliphatic rings. The van der Waals surface area contributed by atoms with Gasteiger partial charge in [-0.2, -0.15) is 13.2 Å². The molecule has 0 aliphatic carbocycles. The molecule has 3 rings (SSSR count). The molecule has 0 aromatic carbocycles. The van der Waals surface area contributed by atoms with Crippen molar-refractivity contribution in [3.05, 3.63) is 28.4 Å². The van der Waals surface area contributed by atoms with E-state index in [1.165, 1.54) is 4.90 Å². The number of carbonyl (C=O) groups excluding carboxylic acids is 1. The van der Waals surface area contributed by atoms with Gasteiger partial charge in [0.1, 0.15) is 12.2 Å². The first-order chi connectivity index (χ1) is 13.2. The highest BCUT2D eigenvalue weighted by Gasteiger charge is 2.50. The number of pyridine rings is 1. The summed E-state index contributed by atoms with van der Waals surface area (Å²) in [5, 5.41) is 6.96. The summed E-state index contributed by atoms with van der Waals surface area (Å²) in [6.07, 6.45) is -5.12. The first kappa shape index (κ1) is 21.0. The molecule has 0 saturated carbocycles. The number of aromatic nitrogens is 1. The zero-order chi connectivity index (χ0) is 20.5. The lowest BCUT2D eigenvalue weighted by Gasteiger charge is -2.30. The van der Waals surface area contributed by atoms with E-state index in [1.807, 2.05) is 0 Å². The van der Waals surface area contributed by atoms with Crippen LogP contribution >= 0.6 is 11.8 Å². The number of amides is 1. The number of aryl methyl sites for hydroxylation is 1. The molecule has 0 bridgehead atoms. The van der Waals surface area contributed by atoms with Crippen LogP contribution in [0, 0.1) is 5.82 Å². The minimum Gasteiger partial charge on any atom is -0.324 e. The number of alkyl halides is 4. The number of hydrogen-bond acceptors (Lipinski definition) is 6. The third-order valence-electron chi connectivity index (χ3n) is 4.35. The van der Waals surface area contributed by atoms with Crippen LogP contribution in [-0.2, 0) is 11.3 Å². The number of anilines is 1. The van der Waals surface area contributed by atoms with Crippen molar-refractivity contribution < 1.29 is 28.2 Å². The Labute approximate surface area is 162 Å². The Balaban J connectivity index is 0.00000300. The molecule has 7 nitrogen and oxygen atoms in total. The number of hydrogen-bond donors (Lipinski definition) is 3. The van der Waals surface area contributed by atoms with Crippen LogP contribution < -0.4 is 21.5 Å². The molecule has 0 radical (unpaired) electrons. The summed E-state index contributed by atoms with van der Waals surface area (Å²) in [4.78, 5) is 25.1. The monoisotopic (exact) mass is 429 g/mol. The Morgan fingerprint density at radius 1 is 1.39 bits per heavy atom. The van der Waals surface area contributed by atoms with Crippen molar-refractivity contribution in [3.63, 3.8) is 0 Å². The highest BCUT2D eigenvalue weighted by atomic mass is 32.2. The molecule has 0 spiro atoms. The summed E-state index contributed by atoms with van der Waals surface area (Å²) in [6.45, 7) is -0.778. The molecule has 3 unspecified atom stereocenters. The van der Waals surface area contributed by atoms with Gasteiger partial charge in [-0.05, 0) is 0 Å². The highest BCUT2D eigenvalue weighted by molar-refractivity contribution is 8.01. The predicted molar refractivity (Wildman–Crippen MR) is 95.1 cm³/mol. The Hall–Kier alpha value is -1.70. The fraction of sp³-hybridized carbons (Fsp3) is 0.600. The van der Waals surface area contributed by atoms with Gasteiger partial charge in [0.2, 0.25) is 5.91 Å². The minimum absolute atomic E-state index is 0. The molecule has 2 saturated heterocycles. The van der Waals surface area contributed by atoms with Gasteiger partial charge in [-0.1, -0.05) is 0 Å². The molecule has 28 heavy (non-hydrogen) atoms. The molecule has 3 heterocycles. The van der Waals surface area contributed by atoms with E-state index in [9.17, 15) is 31.5 Å². The van der Waals surface area contributed by atoms with E-state index in [4.69, 9.17) is 0 Å². The topological polar surface area (TPSA) is 78.4 Å². The standard InChI is InChI=1S/C15H18F5N5O2S.H2/c16-1-3-24-7-8(5-9(17)12(24)27)23-11(26)10-6-22-14(28-10)25-4-2-21-13(25)15(18,19)20;/h5,7,10,13-14,21-22H,1-4,6H2,(H,23,26);1H. The highest BCUT2D eigenvalue weighted by Crippen LogP contribution is 2.33. The molecule has 2 fully saturated rings. The molecule has 2 aliphatic heterocycles. The fourth-order valence-corrected chi connectivity index (χ4v) is 4.35. The van der Waals surface area contributed by atoms with Crippen LogP contribution in [0.3, 0.4) is 0 Å². The van der Waals surface area contributed by atoms with E-state index in [2.05, 4.69) is 16.0 Å². The van der Waals surface area contributed by atoms with Crippen LogP contribution in [-0.4, -0.2) is 64.8 Å². The van der Waals surface area contributed by atoms with Gasteiger partial charge in [-0.3, -0.25) is 25.1 Å². The van der Waals surface area contributed by atoms with Crippen molar-refractivity contribution in [1.82, 2.24) is 20.1 Å². The number of halogens is 5. The van der Waals surface area contributed by atoms with Crippen molar-refractivity contribution in [1.29, 1.82) is 0 Å². The van der Waals surface area contributed by atoms with E-state index in [1.54, 1.807) is 0 Å². The Morgan fingerprint density at radius 2 is 2.14 bits per heavy atom. The lowest BCUT2D eigenvalue weighted by Crippen LogP contribution is -2.53. The molecule has 1 aromatic rings.